The van der Waals surface area contributed by atoms with Gasteiger partial charge in [0.15, 0.2) is 6.10 Å². The molecule has 0 bridgehead atoms. The minimum Gasteiger partial charge on any atom is -0.480 e. The lowest BCUT2D eigenvalue weighted by atomic mass is 9.80. The van der Waals surface area contributed by atoms with Gasteiger partial charge in [0.2, 0.25) is 0 Å². The molecule has 0 saturated carbocycles. The zero-order valence-corrected chi connectivity index (χ0v) is 16.2. The van der Waals surface area contributed by atoms with Crippen molar-refractivity contribution >= 4 is 11.3 Å². The number of rotatable bonds is 1. The van der Waals surface area contributed by atoms with E-state index in [1.54, 1.807) is 12.1 Å². The van der Waals surface area contributed by atoms with E-state index in [1.807, 2.05) is 18.2 Å². The van der Waals surface area contributed by atoms with Crippen LogP contribution in [0, 0.1) is 5.82 Å². The molecule has 3 heteroatoms. The van der Waals surface area contributed by atoms with Crippen LogP contribution in [0.2, 0.25) is 0 Å². The summed E-state index contributed by atoms with van der Waals surface area (Å²) in [5.41, 5.74) is 7.36. The van der Waals surface area contributed by atoms with Gasteiger partial charge in [0.05, 0.1) is 5.54 Å². The maximum Gasteiger partial charge on any atom is 0.150 e. The highest BCUT2D eigenvalue weighted by Gasteiger charge is 2.34. The highest BCUT2D eigenvalue weighted by atomic mass is 19.1. The predicted molar refractivity (Wildman–Crippen MR) is 112 cm³/mol. The summed E-state index contributed by atoms with van der Waals surface area (Å²) in [6.45, 7) is 6.47. The van der Waals surface area contributed by atoms with Gasteiger partial charge in [-0.25, -0.2) is 4.39 Å². The Morgan fingerprint density at radius 1 is 0.964 bits per heavy atom. The summed E-state index contributed by atoms with van der Waals surface area (Å²) in [7, 11) is 0. The normalized spacial score (nSPS) is 18.7. The highest BCUT2D eigenvalue weighted by Crippen LogP contribution is 2.50. The third kappa shape index (κ3) is 2.62. The Morgan fingerprint density at radius 3 is 2.54 bits per heavy atom. The fourth-order valence-electron chi connectivity index (χ4n) is 4.52. The molecule has 2 heterocycles. The van der Waals surface area contributed by atoms with E-state index in [0.717, 1.165) is 33.5 Å². The Bertz CT molecular complexity index is 1110. The summed E-state index contributed by atoms with van der Waals surface area (Å²) in [6.07, 6.45) is 2.01. The number of anilines is 1. The second-order valence-corrected chi connectivity index (χ2v) is 8.17. The van der Waals surface area contributed by atoms with Crippen molar-refractivity contribution in [1.82, 2.24) is 0 Å². The van der Waals surface area contributed by atoms with Crippen molar-refractivity contribution in [3.05, 3.63) is 89.2 Å². The van der Waals surface area contributed by atoms with Crippen molar-refractivity contribution in [2.45, 2.75) is 32.4 Å². The number of nitrogens with one attached hydrogen (secondary N) is 1. The SMILES string of the molecule is CC1=CC(C)(C)Nc2ccc3c(c21)[C@@H](c1ccccc1)Oc1ccc(F)cc1-3. The van der Waals surface area contributed by atoms with Crippen LogP contribution in [0.5, 0.6) is 5.75 Å². The van der Waals surface area contributed by atoms with E-state index < -0.39 is 0 Å². The lowest BCUT2D eigenvalue weighted by Crippen LogP contribution is -2.32. The number of hydrogen-bond donors (Lipinski definition) is 1. The van der Waals surface area contributed by atoms with E-state index in [0.29, 0.717) is 5.75 Å². The molecule has 5 rings (SSSR count). The number of allylic oxidation sites excluding steroid dienone is 1. The Kier molecular flexibility index (Phi) is 3.63. The van der Waals surface area contributed by atoms with Crippen LogP contribution in [-0.4, -0.2) is 5.54 Å². The fraction of sp³-hybridized carbons (Fsp3) is 0.200. The van der Waals surface area contributed by atoms with Crippen LogP contribution in [0.4, 0.5) is 10.1 Å². The number of fused-ring (bicyclic) bond motifs is 5. The lowest BCUT2D eigenvalue weighted by Gasteiger charge is -2.37. The van der Waals surface area contributed by atoms with Crippen molar-refractivity contribution in [1.29, 1.82) is 0 Å². The van der Waals surface area contributed by atoms with Gasteiger partial charge in [0, 0.05) is 22.4 Å². The molecule has 0 aromatic heterocycles. The largest absolute Gasteiger partial charge is 0.480 e. The summed E-state index contributed by atoms with van der Waals surface area (Å²) >= 11 is 0. The molecule has 28 heavy (non-hydrogen) atoms. The Hall–Kier alpha value is -3.07. The Morgan fingerprint density at radius 2 is 1.75 bits per heavy atom. The average Bonchev–Trinajstić information content (AvgIpc) is 2.66. The minimum absolute atomic E-state index is 0.118. The van der Waals surface area contributed by atoms with E-state index in [2.05, 4.69) is 56.4 Å². The Labute approximate surface area is 164 Å². The summed E-state index contributed by atoms with van der Waals surface area (Å²) in [5.74, 6) is 0.462. The molecule has 3 aromatic rings. The zero-order valence-electron chi connectivity index (χ0n) is 16.2. The fourth-order valence-corrected chi connectivity index (χ4v) is 4.52. The van der Waals surface area contributed by atoms with Gasteiger partial charge in [-0.2, -0.15) is 0 Å². The van der Waals surface area contributed by atoms with E-state index in [-0.39, 0.29) is 17.5 Å². The quantitative estimate of drug-likeness (QED) is 0.521. The van der Waals surface area contributed by atoms with Crippen LogP contribution in [0.1, 0.15) is 43.6 Å². The number of hydrogen-bond acceptors (Lipinski definition) is 2. The van der Waals surface area contributed by atoms with Gasteiger partial charge in [-0.3, -0.25) is 0 Å². The van der Waals surface area contributed by atoms with Crippen LogP contribution < -0.4 is 10.1 Å². The first kappa shape index (κ1) is 17.1. The van der Waals surface area contributed by atoms with Gasteiger partial charge >= 0.3 is 0 Å². The molecule has 0 amide bonds. The van der Waals surface area contributed by atoms with Crippen LogP contribution in [-0.2, 0) is 0 Å². The van der Waals surface area contributed by atoms with Gasteiger partial charge in [-0.1, -0.05) is 42.5 Å². The molecule has 2 aliphatic rings. The first-order valence-electron chi connectivity index (χ1n) is 9.59. The molecular weight excluding hydrogens is 349 g/mol. The molecule has 0 radical (unpaired) electrons. The number of benzene rings is 3. The molecule has 3 aromatic carbocycles. The summed E-state index contributed by atoms with van der Waals surface area (Å²) in [6, 6.07) is 19.2. The zero-order chi connectivity index (χ0) is 19.5. The topological polar surface area (TPSA) is 21.3 Å². The summed E-state index contributed by atoms with van der Waals surface area (Å²) in [4.78, 5) is 0. The highest BCUT2D eigenvalue weighted by molar-refractivity contribution is 5.90. The lowest BCUT2D eigenvalue weighted by molar-refractivity contribution is 0.243. The first-order chi connectivity index (χ1) is 13.4. The minimum atomic E-state index is -0.254. The van der Waals surface area contributed by atoms with E-state index in [1.165, 1.54) is 11.6 Å². The average molecular weight is 371 g/mol. The molecule has 1 N–H and O–H groups in total. The van der Waals surface area contributed by atoms with Crippen molar-refractivity contribution in [2.75, 3.05) is 5.32 Å². The van der Waals surface area contributed by atoms with Gasteiger partial charge in [0.25, 0.3) is 0 Å². The third-order valence-corrected chi connectivity index (χ3v) is 5.52. The predicted octanol–water partition coefficient (Wildman–Crippen LogP) is 6.58. The third-order valence-electron chi connectivity index (χ3n) is 5.52. The van der Waals surface area contributed by atoms with Gasteiger partial charge in [-0.15, -0.1) is 0 Å². The molecular formula is C25H22FNO. The van der Waals surface area contributed by atoms with Gasteiger partial charge in [0.1, 0.15) is 11.6 Å². The van der Waals surface area contributed by atoms with Crippen molar-refractivity contribution in [3.8, 4) is 16.9 Å². The smallest absolute Gasteiger partial charge is 0.150 e. The van der Waals surface area contributed by atoms with Gasteiger partial charge < -0.3 is 10.1 Å². The van der Waals surface area contributed by atoms with Crippen molar-refractivity contribution < 1.29 is 9.13 Å². The standard InChI is InChI=1S/C25H22FNO/c1-15-14-25(2,3)27-20-11-10-18-19-13-17(26)9-12-21(19)28-24(23(18)22(15)20)16-7-5-4-6-8-16/h4-14,24,27H,1-3H3/t24-/m1/s1. The molecule has 0 unspecified atom stereocenters. The van der Waals surface area contributed by atoms with Crippen LogP contribution in [0.25, 0.3) is 16.7 Å². The molecule has 0 spiro atoms. The van der Waals surface area contributed by atoms with Gasteiger partial charge in [-0.05, 0) is 61.7 Å². The van der Waals surface area contributed by atoms with Crippen LogP contribution >= 0.6 is 0 Å². The summed E-state index contributed by atoms with van der Waals surface area (Å²) in [5, 5.41) is 3.62. The van der Waals surface area contributed by atoms with E-state index in [4.69, 9.17) is 4.74 Å². The molecule has 1 atom stereocenters. The maximum atomic E-state index is 14.0. The molecule has 0 aliphatic carbocycles. The van der Waals surface area contributed by atoms with Crippen molar-refractivity contribution in [3.63, 3.8) is 0 Å². The van der Waals surface area contributed by atoms with Crippen LogP contribution in [0.3, 0.4) is 0 Å². The number of ether oxygens (including phenoxy) is 1. The first-order valence-corrected chi connectivity index (χ1v) is 9.59. The molecule has 140 valence electrons. The monoisotopic (exact) mass is 371 g/mol. The van der Waals surface area contributed by atoms with E-state index in [9.17, 15) is 4.39 Å². The second-order valence-electron chi connectivity index (χ2n) is 8.17. The molecule has 2 nitrogen and oxygen atoms in total. The van der Waals surface area contributed by atoms with E-state index >= 15 is 0 Å². The molecule has 2 aliphatic heterocycles. The van der Waals surface area contributed by atoms with Crippen LogP contribution in [0.15, 0.2) is 66.7 Å². The summed E-state index contributed by atoms with van der Waals surface area (Å²) < 4.78 is 20.5. The van der Waals surface area contributed by atoms with Crippen molar-refractivity contribution in [2.24, 2.45) is 0 Å². The second kappa shape index (κ2) is 5.96. The molecule has 0 saturated heterocycles. The number of halogens is 1. The molecule has 0 fully saturated rings. The maximum absolute atomic E-state index is 14.0. The Balaban J connectivity index is 1.82.